The van der Waals surface area contributed by atoms with Gasteiger partial charge in [0.05, 0.1) is 10.5 Å². The van der Waals surface area contributed by atoms with Crippen molar-refractivity contribution < 1.29 is 9.66 Å². The minimum absolute atomic E-state index is 0.132. The van der Waals surface area contributed by atoms with Crippen LogP contribution in [0.5, 0.6) is 5.88 Å². The fourth-order valence-corrected chi connectivity index (χ4v) is 2.46. The number of nitro benzene ring substituents is 1. The highest BCUT2D eigenvalue weighted by molar-refractivity contribution is 5.48. The molecule has 0 radical (unpaired) electrons. The zero-order valence-electron chi connectivity index (χ0n) is 11.8. The first kappa shape index (κ1) is 13.5. The van der Waals surface area contributed by atoms with E-state index in [1.54, 1.807) is 12.3 Å². The molecule has 108 valence electrons. The molecular formula is C16H16N2O3. The molecule has 0 aliphatic heterocycles. The second-order valence-corrected chi connectivity index (χ2v) is 5.29. The molecule has 5 nitrogen and oxygen atoms in total. The first-order chi connectivity index (χ1) is 10.2. The first-order valence-corrected chi connectivity index (χ1v) is 6.97. The number of nitrogens with zero attached hydrogens (tertiary/aromatic N) is 2. The summed E-state index contributed by atoms with van der Waals surface area (Å²) in [6, 6.07) is 9.00. The van der Waals surface area contributed by atoms with Crippen LogP contribution in [0.4, 0.5) is 5.69 Å². The number of nitro groups is 1. The monoisotopic (exact) mass is 284 g/mol. The number of benzene rings is 1. The Morgan fingerprint density at radius 1 is 1.33 bits per heavy atom. The molecule has 0 unspecified atom stereocenters. The summed E-state index contributed by atoms with van der Waals surface area (Å²) in [5.41, 5.74) is 2.77. The fraction of sp³-hybridized carbons (Fsp3) is 0.312. The smallest absolute Gasteiger partial charge is 0.276 e. The van der Waals surface area contributed by atoms with E-state index in [9.17, 15) is 10.1 Å². The van der Waals surface area contributed by atoms with E-state index in [2.05, 4.69) is 4.98 Å². The highest BCUT2D eigenvalue weighted by atomic mass is 16.6. The Morgan fingerprint density at radius 2 is 2.14 bits per heavy atom. The van der Waals surface area contributed by atoms with Crippen LogP contribution in [0, 0.1) is 17.0 Å². The van der Waals surface area contributed by atoms with Gasteiger partial charge in [0.25, 0.3) is 5.69 Å². The molecule has 1 heterocycles. The van der Waals surface area contributed by atoms with E-state index in [1.807, 2.05) is 25.1 Å². The lowest BCUT2D eigenvalue weighted by atomic mass is 10.0. The van der Waals surface area contributed by atoms with Gasteiger partial charge in [-0.1, -0.05) is 18.2 Å². The van der Waals surface area contributed by atoms with Crippen molar-refractivity contribution in [3.8, 4) is 5.88 Å². The van der Waals surface area contributed by atoms with Gasteiger partial charge in [0, 0.05) is 17.8 Å². The molecule has 1 aromatic carbocycles. The summed E-state index contributed by atoms with van der Waals surface area (Å²) in [5, 5.41) is 11.2. The third-order valence-corrected chi connectivity index (χ3v) is 3.72. The molecule has 1 aliphatic rings. The second kappa shape index (κ2) is 5.52. The van der Waals surface area contributed by atoms with Crippen LogP contribution in [-0.2, 0) is 6.61 Å². The molecule has 0 atom stereocenters. The normalized spacial score (nSPS) is 14.0. The number of hydrogen-bond donors (Lipinski definition) is 0. The predicted octanol–water partition coefficient (Wildman–Crippen LogP) is 3.75. The van der Waals surface area contributed by atoms with Crippen molar-refractivity contribution in [2.45, 2.75) is 32.3 Å². The molecule has 0 amide bonds. The predicted molar refractivity (Wildman–Crippen MR) is 78.4 cm³/mol. The highest BCUT2D eigenvalue weighted by Crippen LogP contribution is 2.43. The van der Waals surface area contributed by atoms with Gasteiger partial charge in [0.1, 0.15) is 6.61 Å². The molecule has 3 rings (SSSR count). The summed E-state index contributed by atoms with van der Waals surface area (Å²) in [6.07, 6.45) is 3.84. The first-order valence-electron chi connectivity index (χ1n) is 6.97. The maximum absolute atomic E-state index is 11.2. The zero-order chi connectivity index (χ0) is 14.8. The standard InChI is InChI=1S/C16H16N2O3/c1-11-4-3-9-17-16(11)21-10-14-13(12-7-8-12)5-2-6-15(14)18(19)20/h2-6,9,12H,7-8,10H2,1H3. The molecule has 0 N–H and O–H groups in total. The molecule has 0 saturated heterocycles. The Bertz CT molecular complexity index is 681. The van der Waals surface area contributed by atoms with Crippen molar-refractivity contribution in [1.82, 2.24) is 4.98 Å². The molecule has 5 heteroatoms. The average molecular weight is 284 g/mol. The van der Waals surface area contributed by atoms with Gasteiger partial charge in [-0.3, -0.25) is 10.1 Å². The van der Waals surface area contributed by atoms with E-state index in [0.717, 1.165) is 24.0 Å². The Kier molecular flexibility index (Phi) is 3.56. The largest absolute Gasteiger partial charge is 0.472 e. The summed E-state index contributed by atoms with van der Waals surface area (Å²) in [7, 11) is 0. The summed E-state index contributed by atoms with van der Waals surface area (Å²) in [6.45, 7) is 2.09. The molecular weight excluding hydrogens is 268 g/mol. The van der Waals surface area contributed by atoms with E-state index in [4.69, 9.17) is 4.74 Å². The van der Waals surface area contributed by atoms with Gasteiger partial charge in [0.2, 0.25) is 5.88 Å². The van der Waals surface area contributed by atoms with Crippen molar-refractivity contribution in [1.29, 1.82) is 0 Å². The van der Waals surface area contributed by atoms with E-state index < -0.39 is 0 Å². The number of aryl methyl sites for hydroxylation is 1. The Morgan fingerprint density at radius 3 is 2.81 bits per heavy atom. The van der Waals surface area contributed by atoms with Gasteiger partial charge in [-0.15, -0.1) is 0 Å². The third-order valence-electron chi connectivity index (χ3n) is 3.72. The Hall–Kier alpha value is -2.43. The van der Waals surface area contributed by atoms with Gasteiger partial charge in [0.15, 0.2) is 0 Å². The molecule has 1 aromatic heterocycles. The number of ether oxygens (including phenoxy) is 1. The van der Waals surface area contributed by atoms with E-state index >= 15 is 0 Å². The van der Waals surface area contributed by atoms with E-state index in [1.165, 1.54) is 6.07 Å². The quantitative estimate of drug-likeness (QED) is 0.619. The van der Waals surface area contributed by atoms with E-state index in [-0.39, 0.29) is 17.2 Å². The van der Waals surface area contributed by atoms with Gasteiger partial charge < -0.3 is 4.74 Å². The average Bonchev–Trinajstić information content (AvgIpc) is 3.30. The van der Waals surface area contributed by atoms with Crippen molar-refractivity contribution in [2.75, 3.05) is 0 Å². The lowest BCUT2D eigenvalue weighted by Crippen LogP contribution is -2.05. The van der Waals surface area contributed by atoms with Gasteiger partial charge in [-0.25, -0.2) is 4.98 Å². The van der Waals surface area contributed by atoms with Crippen LogP contribution in [0.15, 0.2) is 36.5 Å². The Balaban J connectivity index is 1.90. The number of pyridine rings is 1. The lowest BCUT2D eigenvalue weighted by molar-refractivity contribution is -0.385. The third kappa shape index (κ3) is 2.86. The van der Waals surface area contributed by atoms with Crippen molar-refractivity contribution in [3.63, 3.8) is 0 Å². The van der Waals surface area contributed by atoms with Gasteiger partial charge in [-0.05, 0) is 37.3 Å². The molecule has 0 bridgehead atoms. The fourth-order valence-electron chi connectivity index (χ4n) is 2.46. The van der Waals surface area contributed by atoms with Crippen LogP contribution in [0.25, 0.3) is 0 Å². The van der Waals surface area contributed by atoms with Crippen molar-refractivity contribution in [2.24, 2.45) is 0 Å². The van der Waals surface area contributed by atoms with Gasteiger partial charge in [-0.2, -0.15) is 0 Å². The lowest BCUT2D eigenvalue weighted by Gasteiger charge is -2.11. The van der Waals surface area contributed by atoms with Crippen LogP contribution < -0.4 is 4.74 Å². The zero-order valence-corrected chi connectivity index (χ0v) is 11.8. The molecule has 1 fully saturated rings. The van der Waals surface area contributed by atoms with Gasteiger partial charge >= 0.3 is 0 Å². The van der Waals surface area contributed by atoms with Crippen LogP contribution in [0.3, 0.4) is 0 Å². The maximum Gasteiger partial charge on any atom is 0.276 e. The molecule has 2 aromatic rings. The topological polar surface area (TPSA) is 65.3 Å². The molecule has 0 spiro atoms. The van der Waals surface area contributed by atoms with Crippen LogP contribution in [0.2, 0.25) is 0 Å². The van der Waals surface area contributed by atoms with Crippen LogP contribution >= 0.6 is 0 Å². The summed E-state index contributed by atoms with van der Waals surface area (Å²) in [4.78, 5) is 15.1. The van der Waals surface area contributed by atoms with Crippen LogP contribution in [-0.4, -0.2) is 9.91 Å². The molecule has 1 saturated carbocycles. The van der Waals surface area contributed by atoms with Crippen molar-refractivity contribution in [3.05, 3.63) is 63.3 Å². The minimum Gasteiger partial charge on any atom is -0.472 e. The summed E-state index contributed by atoms with van der Waals surface area (Å²) >= 11 is 0. The summed E-state index contributed by atoms with van der Waals surface area (Å²) < 4.78 is 5.72. The molecule has 21 heavy (non-hydrogen) atoms. The Labute approximate surface area is 122 Å². The number of aromatic nitrogens is 1. The molecule has 1 aliphatic carbocycles. The maximum atomic E-state index is 11.2. The van der Waals surface area contributed by atoms with Crippen molar-refractivity contribution >= 4 is 5.69 Å². The van der Waals surface area contributed by atoms with E-state index in [0.29, 0.717) is 17.4 Å². The number of rotatable bonds is 5. The summed E-state index contributed by atoms with van der Waals surface area (Å²) in [5.74, 6) is 0.964. The second-order valence-electron chi connectivity index (χ2n) is 5.29. The number of hydrogen-bond acceptors (Lipinski definition) is 4. The minimum atomic E-state index is -0.337. The van der Waals surface area contributed by atoms with Crippen LogP contribution in [0.1, 0.15) is 35.4 Å². The SMILES string of the molecule is Cc1cccnc1OCc1c(C2CC2)cccc1[N+](=O)[O-]. The highest BCUT2D eigenvalue weighted by Gasteiger charge is 2.30.